The molecule has 96 valence electrons. The van der Waals surface area contributed by atoms with E-state index in [-0.39, 0.29) is 0 Å². The van der Waals surface area contributed by atoms with Crippen molar-refractivity contribution in [2.45, 2.75) is 31.7 Å². The van der Waals surface area contributed by atoms with Gasteiger partial charge in [-0.25, -0.2) is 0 Å². The van der Waals surface area contributed by atoms with E-state index < -0.39 is 0 Å². The van der Waals surface area contributed by atoms with E-state index >= 15 is 0 Å². The summed E-state index contributed by atoms with van der Waals surface area (Å²) in [5.41, 5.74) is 1.57. The van der Waals surface area contributed by atoms with Crippen LogP contribution >= 0.6 is 45.3 Å². The highest BCUT2D eigenvalue weighted by Crippen LogP contribution is 2.36. The summed E-state index contributed by atoms with van der Waals surface area (Å²) in [7, 11) is 0. The van der Waals surface area contributed by atoms with Gasteiger partial charge < -0.3 is 5.32 Å². The molecule has 0 aromatic carbocycles. The maximum Gasteiger partial charge on any atom is 0.0659 e. The molecular weight excluding hydrogens is 373 g/mol. The first-order chi connectivity index (χ1) is 8.83. The quantitative estimate of drug-likeness (QED) is 0.753. The van der Waals surface area contributed by atoms with Crippen molar-refractivity contribution in [1.29, 1.82) is 0 Å². The van der Waals surface area contributed by atoms with E-state index in [1.165, 1.54) is 27.0 Å². The van der Waals surface area contributed by atoms with Crippen LogP contribution in [0.2, 0.25) is 0 Å². The number of aryl methyl sites for hydroxylation is 1. The van der Waals surface area contributed by atoms with Crippen LogP contribution in [0.4, 0.5) is 0 Å². The molecule has 1 nitrogen and oxygen atoms in total. The monoisotopic (exact) mass is 389 g/mol. The van der Waals surface area contributed by atoms with E-state index in [9.17, 15) is 0 Å². The van der Waals surface area contributed by atoms with E-state index in [0.29, 0.717) is 6.04 Å². The largest absolute Gasteiger partial charge is 0.310 e. The van der Waals surface area contributed by atoms with Gasteiger partial charge >= 0.3 is 0 Å². The Morgan fingerprint density at radius 2 is 2.39 bits per heavy atom. The first-order valence-electron chi connectivity index (χ1n) is 6.37. The van der Waals surface area contributed by atoms with Crippen LogP contribution in [0.25, 0.3) is 0 Å². The Bertz CT molecular complexity index is 504. The predicted molar refractivity (Wildman–Crippen MR) is 88.7 cm³/mol. The van der Waals surface area contributed by atoms with Crippen LogP contribution < -0.4 is 5.32 Å². The van der Waals surface area contributed by atoms with Crippen molar-refractivity contribution in [3.63, 3.8) is 0 Å². The van der Waals surface area contributed by atoms with Crippen molar-refractivity contribution in [2.24, 2.45) is 0 Å². The summed E-state index contributed by atoms with van der Waals surface area (Å²) in [6.07, 6.45) is 5.07. The molecule has 2 aromatic heterocycles. The Kier molecular flexibility index (Phi) is 4.38. The van der Waals surface area contributed by atoms with Gasteiger partial charge in [0, 0.05) is 22.3 Å². The standard InChI is InChI=1S/C14H16INS2/c15-14-9-11-12(4-1-5-13(11)18-14)16-7-6-10-3-2-8-17-10/h2-3,8-9,12,16H,1,4-7H2. The van der Waals surface area contributed by atoms with Crippen LogP contribution in [-0.4, -0.2) is 6.54 Å². The van der Waals surface area contributed by atoms with Crippen molar-refractivity contribution in [3.05, 3.63) is 41.8 Å². The molecule has 1 atom stereocenters. The topological polar surface area (TPSA) is 12.0 Å². The molecule has 1 unspecified atom stereocenters. The number of halogens is 1. The number of nitrogens with one attached hydrogen (secondary N) is 1. The van der Waals surface area contributed by atoms with E-state index in [4.69, 9.17) is 0 Å². The molecule has 3 rings (SSSR count). The number of fused-ring (bicyclic) bond motifs is 1. The van der Waals surface area contributed by atoms with Crippen molar-refractivity contribution in [2.75, 3.05) is 6.54 Å². The van der Waals surface area contributed by atoms with Gasteiger partial charge in [-0.3, -0.25) is 0 Å². The summed E-state index contributed by atoms with van der Waals surface area (Å²) >= 11 is 6.28. The van der Waals surface area contributed by atoms with Gasteiger partial charge in [-0.2, -0.15) is 0 Å². The third-order valence-electron chi connectivity index (χ3n) is 3.43. The first kappa shape index (κ1) is 13.1. The minimum absolute atomic E-state index is 0.591. The van der Waals surface area contributed by atoms with E-state index in [1.807, 2.05) is 22.7 Å². The molecule has 0 spiro atoms. The molecular formula is C14H16INS2. The molecule has 2 aromatic rings. The third kappa shape index (κ3) is 2.98. The summed E-state index contributed by atoms with van der Waals surface area (Å²) in [6.45, 7) is 1.09. The zero-order chi connectivity index (χ0) is 12.4. The Morgan fingerprint density at radius 1 is 1.44 bits per heavy atom. The summed E-state index contributed by atoms with van der Waals surface area (Å²) in [4.78, 5) is 3.10. The zero-order valence-corrected chi connectivity index (χ0v) is 13.9. The lowest BCUT2D eigenvalue weighted by Gasteiger charge is -2.23. The van der Waals surface area contributed by atoms with Crippen LogP contribution in [-0.2, 0) is 12.8 Å². The predicted octanol–water partition coefficient (Wildman–Crippen LogP) is 4.62. The smallest absolute Gasteiger partial charge is 0.0659 e. The molecule has 1 aliphatic carbocycles. The molecule has 0 bridgehead atoms. The fourth-order valence-electron chi connectivity index (χ4n) is 2.56. The molecule has 0 saturated carbocycles. The highest BCUT2D eigenvalue weighted by atomic mass is 127. The average Bonchev–Trinajstić information content (AvgIpc) is 2.97. The van der Waals surface area contributed by atoms with Gasteiger partial charge in [0.15, 0.2) is 0 Å². The minimum Gasteiger partial charge on any atom is -0.310 e. The maximum absolute atomic E-state index is 3.74. The lowest BCUT2D eigenvalue weighted by atomic mass is 9.94. The van der Waals surface area contributed by atoms with Crippen LogP contribution in [0.5, 0.6) is 0 Å². The molecule has 0 fully saturated rings. The van der Waals surface area contributed by atoms with Crippen molar-refractivity contribution in [1.82, 2.24) is 5.32 Å². The Balaban J connectivity index is 1.60. The highest BCUT2D eigenvalue weighted by molar-refractivity contribution is 14.1. The Morgan fingerprint density at radius 3 is 3.22 bits per heavy atom. The maximum atomic E-state index is 3.74. The Hall–Kier alpha value is 0.0900. The van der Waals surface area contributed by atoms with Gasteiger partial charge in [-0.05, 0) is 71.4 Å². The average molecular weight is 389 g/mol. The lowest BCUT2D eigenvalue weighted by Crippen LogP contribution is -2.26. The highest BCUT2D eigenvalue weighted by Gasteiger charge is 2.21. The lowest BCUT2D eigenvalue weighted by molar-refractivity contribution is 0.467. The van der Waals surface area contributed by atoms with Crippen LogP contribution in [0.1, 0.15) is 34.2 Å². The van der Waals surface area contributed by atoms with Crippen molar-refractivity contribution in [3.8, 4) is 0 Å². The van der Waals surface area contributed by atoms with Crippen molar-refractivity contribution >= 4 is 45.3 Å². The molecule has 2 heterocycles. The van der Waals surface area contributed by atoms with Crippen LogP contribution in [0, 0.1) is 2.88 Å². The molecule has 0 amide bonds. The number of hydrogen-bond acceptors (Lipinski definition) is 3. The summed E-state index contributed by atoms with van der Waals surface area (Å²) in [5.74, 6) is 0. The molecule has 1 N–H and O–H groups in total. The fraction of sp³-hybridized carbons (Fsp3) is 0.429. The number of hydrogen-bond donors (Lipinski definition) is 1. The van der Waals surface area contributed by atoms with Gasteiger partial charge in [0.1, 0.15) is 0 Å². The molecule has 1 aliphatic rings. The normalized spacial score (nSPS) is 18.8. The van der Waals surface area contributed by atoms with Crippen LogP contribution in [0.15, 0.2) is 23.6 Å². The van der Waals surface area contributed by atoms with E-state index in [2.05, 4.69) is 51.5 Å². The number of rotatable bonds is 4. The molecule has 0 aliphatic heterocycles. The summed E-state index contributed by atoms with van der Waals surface area (Å²) in [5, 5.41) is 5.90. The molecule has 18 heavy (non-hydrogen) atoms. The van der Waals surface area contributed by atoms with Gasteiger partial charge in [-0.1, -0.05) is 6.07 Å². The summed E-state index contributed by atoms with van der Waals surface area (Å²) < 4.78 is 1.43. The molecule has 0 radical (unpaired) electrons. The summed E-state index contributed by atoms with van der Waals surface area (Å²) in [6, 6.07) is 7.34. The third-order valence-corrected chi connectivity index (χ3v) is 6.33. The second-order valence-electron chi connectivity index (χ2n) is 4.66. The van der Waals surface area contributed by atoms with Gasteiger partial charge in [-0.15, -0.1) is 22.7 Å². The number of thiophene rings is 2. The van der Waals surface area contributed by atoms with Crippen LogP contribution in [0.3, 0.4) is 0 Å². The van der Waals surface area contributed by atoms with E-state index in [1.54, 1.807) is 10.4 Å². The Labute approximate surface area is 130 Å². The minimum atomic E-state index is 0.591. The first-order valence-corrected chi connectivity index (χ1v) is 9.14. The molecule has 4 heteroatoms. The van der Waals surface area contributed by atoms with Gasteiger partial charge in [0.2, 0.25) is 0 Å². The zero-order valence-electron chi connectivity index (χ0n) is 10.1. The second kappa shape index (κ2) is 6.03. The van der Waals surface area contributed by atoms with Crippen molar-refractivity contribution < 1.29 is 0 Å². The molecule has 0 saturated heterocycles. The second-order valence-corrected chi connectivity index (χ2v) is 8.72. The SMILES string of the molecule is Ic1cc2c(s1)CCCC2NCCc1cccs1. The van der Waals surface area contributed by atoms with E-state index in [0.717, 1.165) is 13.0 Å². The van der Waals surface area contributed by atoms with Gasteiger partial charge in [0.05, 0.1) is 2.88 Å². The van der Waals surface area contributed by atoms with Gasteiger partial charge in [0.25, 0.3) is 0 Å². The fourth-order valence-corrected chi connectivity index (χ4v) is 5.39.